The van der Waals surface area contributed by atoms with Crippen molar-refractivity contribution in [1.82, 2.24) is 4.90 Å². The first kappa shape index (κ1) is 26.7. The number of nitrogens with one attached hydrogen (secondary N) is 1. The first-order valence-electron chi connectivity index (χ1n) is 11.4. The molecule has 0 aromatic heterocycles. The van der Waals surface area contributed by atoms with E-state index in [0.717, 1.165) is 5.56 Å². The number of hydrogen-bond donors (Lipinski definition) is 1. The first-order chi connectivity index (χ1) is 17.5. The standard InChI is InChI=1S/C28H24Cl2N2O4S/c1-32(2)28(34)19-12-9-18(10-13-19)11-14-27(33)25-7-3-6-24-23(25)5-4-8-26(24)31-37(35,36)22-16-20(29)15-21(30)17-22/h3-10,12-13,15-17,31H,11,14H2,1-2H3. The van der Waals surface area contributed by atoms with Crippen molar-refractivity contribution in [3.8, 4) is 0 Å². The molecule has 4 aromatic rings. The van der Waals surface area contributed by atoms with Crippen molar-refractivity contribution in [3.05, 3.63) is 106 Å². The zero-order valence-electron chi connectivity index (χ0n) is 20.2. The molecule has 37 heavy (non-hydrogen) atoms. The van der Waals surface area contributed by atoms with Crippen molar-refractivity contribution < 1.29 is 18.0 Å². The van der Waals surface area contributed by atoms with Crippen molar-refractivity contribution in [2.45, 2.75) is 17.7 Å². The van der Waals surface area contributed by atoms with E-state index in [-0.39, 0.29) is 33.1 Å². The molecule has 0 aliphatic carbocycles. The van der Waals surface area contributed by atoms with Gasteiger partial charge in [0.05, 0.1) is 10.6 Å². The molecule has 0 bridgehead atoms. The smallest absolute Gasteiger partial charge is 0.262 e. The number of fused-ring (bicyclic) bond motifs is 1. The number of aryl methyl sites for hydroxylation is 1. The number of carbonyl (C=O) groups is 2. The highest BCUT2D eigenvalue weighted by Gasteiger charge is 2.19. The number of ketones is 1. The van der Waals surface area contributed by atoms with Crippen LogP contribution in [-0.2, 0) is 16.4 Å². The van der Waals surface area contributed by atoms with Gasteiger partial charge >= 0.3 is 0 Å². The molecular weight excluding hydrogens is 531 g/mol. The van der Waals surface area contributed by atoms with Gasteiger partial charge in [0.1, 0.15) is 0 Å². The van der Waals surface area contributed by atoms with Crippen molar-refractivity contribution >= 4 is 61.4 Å². The topological polar surface area (TPSA) is 83.6 Å². The predicted molar refractivity (Wildman–Crippen MR) is 148 cm³/mol. The lowest BCUT2D eigenvalue weighted by atomic mass is 9.96. The van der Waals surface area contributed by atoms with Gasteiger partial charge in [-0.1, -0.05) is 65.7 Å². The van der Waals surface area contributed by atoms with Crippen LogP contribution in [0.5, 0.6) is 0 Å². The number of Topliss-reactive ketones (excluding diaryl/α,β-unsaturated/α-hetero) is 1. The number of hydrogen-bond acceptors (Lipinski definition) is 4. The Kier molecular flexibility index (Phi) is 7.87. The Hall–Kier alpha value is -3.39. The molecule has 0 aliphatic rings. The van der Waals surface area contributed by atoms with E-state index in [4.69, 9.17) is 23.2 Å². The lowest BCUT2D eigenvalue weighted by Gasteiger charge is -2.13. The zero-order chi connectivity index (χ0) is 26.7. The summed E-state index contributed by atoms with van der Waals surface area (Å²) in [5.41, 5.74) is 2.37. The Balaban J connectivity index is 1.56. The molecule has 0 unspecified atom stereocenters. The number of amides is 1. The van der Waals surface area contributed by atoms with Crippen molar-refractivity contribution in [1.29, 1.82) is 0 Å². The maximum absolute atomic E-state index is 13.2. The molecule has 6 nitrogen and oxygen atoms in total. The predicted octanol–water partition coefficient (Wildman–Crippen LogP) is 6.46. The second-order valence-corrected chi connectivity index (χ2v) is 11.3. The summed E-state index contributed by atoms with van der Waals surface area (Å²) in [5.74, 6) is -0.149. The maximum Gasteiger partial charge on any atom is 0.262 e. The van der Waals surface area contributed by atoms with Crippen LogP contribution in [-0.4, -0.2) is 39.1 Å². The SMILES string of the molecule is CN(C)C(=O)c1ccc(CCC(=O)c2cccc3c(NS(=O)(=O)c4cc(Cl)cc(Cl)c4)cccc23)cc1. The van der Waals surface area contributed by atoms with Gasteiger partial charge in [-0.2, -0.15) is 0 Å². The van der Waals surface area contributed by atoms with E-state index in [1.165, 1.54) is 23.1 Å². The summed E-state index contributed by atoms with van der Waals surface area (Å²) in [4.78, 5) is 26.7. The van der Waals surface area contributed by atoms with Crippen LogP contribution in [0.15, 0.2) is 83.8 Å². The quantitative estimate of drug-likeness (QED) is 0.253. The van der Waals surface area contributed by atoms with Crippen molar-refractivity contribution in [3.63, 3.8) is 0 Å². The second kappa shape index (κ2) is 10.9. The van der Waals surface area contributed by atoms with Crippen LogP contribution in [0.3, 0.4) is 0 Å². The van der Waals surface area contributed by atoms with E-state index in [0.29, 0.717) is 34.0 Å². The van der Waals surface area contributed by atoms with E-state index < -0.39 is 10.0 Å². The maximum atomic E-state index is 13.2. The average Bonchev–Trinajstić information content (AvgIpc) is 2.86. The molecule has 0 fully saturated rings. The molecule has 1 amide bonds. The number of rotatable bonds is 8. The fraction of sp³-hybridized carbons (Fsp3) is 0.143. The minimum Gasteiger partial charge on any atom is -0.345 e. The summed E-state index contributed by atoms with van der Waals surface area (Å²) < 4.78 is 28.6. The van der Waals surface area contributed by atoms with Gasteiger partial charge in [-0.05, 0) is 53.8 Å². The Morgan fingerprint density at radius 3 is 2.11 bits per heavy atom. The number of sulfonamides is 1. The van der Waals surface area contributed by atoms with Crippen LogP contribution in [0.1, 0.15) is 32.7 Å². The Morgan fingerprint density at radius 1 is 0.838 bits per heavy atom. The van der Waals surface area contributed by atoms with E-state index in [1.807, 2.05) is 12.1 Å². The highest BCUT2D eigenvalue weighted by atomic mass is 35.5. The molecule has 0 saturated carbocycles. The molecule has 0 radical (unpaired) electrons. The normalized spacial score (nSPS) is 11.4. The van der Waals surface area contributed by atoms with Crippen LogP contribution >= 0.6 is 23.2 Å². The lowest BCUT2D eigenvalue weighted by molar-refractivity contribution is 0.0827. The Bertz CT molecular complexity index is 1580. The Labute approximate surface area is 225 Å². The van der Waals surface area contributed by atoms with Gasteiger partial charge in [0.15, 0.2) is 5.78 Å². The molecule has 190 valence electrons. The van der Waals surface area contributed by atoms with Gasteiger partial charge in [0, 0.05) is 47.1 Å². The van der Waals surface area contributed by atoms with Crippen LogP contribution in [0.25, 0.3) is 10.8 Å². The number of nitrogens with zero attached hydrogens (tertiary/aromatic N) is 1. The van der Waals surface area contributed by atoms with Gasteiger partial charge in [0.25, 0.3) is 15.9 Å². The summed E-state index contributed by atoms with van der Waals surface area (Å²) in [5, 5.41) is 1.65. The van der Waals surface area contributed by atoms with Gasteiger partial charge in [-0.25, -0.2) is 8.42 Å². The molecule has 0 aliphatic heterocycles. The molecule has 4 rings (SSSR count). The van der Waals surface area contributed by atoms with Gasteiger partial charge in [-0.15, -0.1) is 0 Å². The monoisotopic (exact) mass is 554 g/mol. The summed E-state index contributed by atoms with van der Waals surface area (Å²) in [6.45, 7) is 0. The van der Waals surface area contributed by atoms with Crippen LogP contribution < -0.4 is 4.72 Å². The third-order valence-electron chi connectivity index (χ3n) is 5.86. The number of carbonyl (C=O) groups excluding carboxylic acids is 2. The van der Waals surface area contributed by atoms with Gasteiger partial charge in [0.2, 0.25) is 0 Å². The molecule has 0 atom stereocenters. The number of benzene rings is 4. The first-order valence-corrected chi connectivity index (χ1v) is 13.6. The number of anilines is 1. The minimum absolute atomic E-state index is 0.0625. The third-order valence-corrected chi connectivity index (χ3v) is 7.64. The number of halogens is 2. The molecule has 1 N–H and O–H groups in total. The summed E-state index contributed by atoms with van der Waals surface area (Å²) in [7, 11) is -0.582. The minimum atomic E-state index is -3.98. The molecule has 9 heteroatoms. The molecule has 0 heterocycles. The molecule has 0 spiro atoms. The van der Waals surface area contributed by atoms with Gasteiger partial charge in [-0.3, -0.25) is 14.3 Å². The fourth-order valence-electron chi connectivity index (χ4n) is 3.99. The molecular formula is C28H24Cl2N2O4S. The van der Waals surface area contributed by atoms with E-state index in [2.05, 4.69) is 4.72 Å². The van der Waals surface area contributed by atoms with E-state index in [9.17, 15) is 18.0 Å². The highest BCUT2D eigenvalue weighted by Crippen LogP contribution is 2.30. The van der Waals surface area contributed by atoms with Crippen molar-refractivity contribution in [2.75, 3.05) is 18.8 Å². The average molecular weight is 555 g/mol. The fourth-order valence-corrected chi connectivity index (χ4v) is 5.80. The van der Waals surface area contributed by atoms with E-state index >= 15 is 0 Å². The summed E-state index contributed by atoms with van der Waals surface area (Å²) >= 11 is 12.0. The van der Waals surface area contributed by atoms with Crippen LogP contribution in [0.4, 0.5) is 5.69 Å². The highest BCUT2D eigenvalue weighted by molar-refractivity contribution is 7.92. The van der Waals surface area contributed by atoms with Crippen LogP contribution in [0.2, 0.25) is 10.0 Å². The zero-order valence-corrected chi connectivity index (χ0v) is 22.5. The largest absolute Gasteiger partial charge is 0.345 e. The summed E-state index contributed by atoms with van der Waals surface area (Å²) in [6.07, 6.45) is 0.768. The van der Waals surface area contributed by atoms with E-state index in [1.54, 1.807) is 62.6 Å². The third kappa shape index (κ3) is 6.13. The Morgan fingerprint density at radius 2 is 1.46 bits per heavy atom. The van der Waals surface area contributed by atoms with Crippen LogP contribution in [0, 0.1) is 0 Å². The van der Waals surface area contributed by atoms with Crippen molar-refractivity contribution in [2.24, 2.45) is 0 Å². The molecule has 4 aromatic carbocycles. The second-order valence-electron chi connectivity index (χ2n) is 8.74. The lowest BCUT2D eigenvalue weighted by Crippen LogP contribution is -2.21. The summed E-state index contributed by atoms with van der Waals surface area (Å²) in [6, 6.07) is 21.6. The molecule has 0 saturated heterocycles. The van der Waals surface area contributed by atoms with Gasteiger partial charge < -0.3 is 4.90 Å².